The maximum Gasteiger partial charge on any atom is 0.119 e. The van der Waals surface area contributed by atoms with Crippen LogP contribution in [0.15, 0.2) is 48.5 Å². The van der Waals surface area contributed by atoms with Gasteiger partial charge in [0.2, 0.25) is 0 Å². The van der Waals surface area contributed by atoms with Gasteiger partial charge in [0.15, 0.2) is 0 Å². The molecular weight excluding hydrogens is 282 g/mol. The molecular formula is C18H20ClNO. The number of rotatable bonds is 5. The Bertz CT molecular complexity index is 608. The van der Waals surface area contributed by atoms with E-state index >= 15 is 0 Å². The Morgan fingerprint density at radius 3 is 2.71 bits per heavy atom. The van der Waals surface area contributed by atoms with Crippen LogP contribution in [0, 0.1) is 0 Å². The van der Waals surface area contributed by atoms with Crippen molar-refractivity contribution in [2.24, 2.45) is 0 Å². The van der Waals surface area contributed by atoms with Gasteiger partial charge in [0.1, 0.15) is 5.75 Å². The van der Waals surface area contributed by atoms with Crippen LogP contribution in [0.5, 0.6) is 5.75 Å². The van der Waals surface area contributed by atoms with E-state index in [0.717, 1.165) is 17.3 Å². The number of nitrogens with one attached hydrogen (secondary N) is 1. The van der Waals surface area contributed by atoms with Crippen molar-refractivity contribution in [1.82, 2.24) is 5.32 Å². The fourth-order valence-corrected chi connectivity index (χ4v) is 3.07. The summed E-state index contributed by atoms with van der Waals surface area (Å²) < 4.78 is 5.29. The minimum atomic E-state index is 0.597. The molecule has 0 amide bonds. The summed E-state index contributed by atoms with van der Waals surface area (Å²) in [5.74, 6) is 1.60. The molecule has 3 rings (SSSR count). The predicted molar refractivity (Wildman–Crippen MR) is 87.0 cm³/mol. The molecule has 1 aliphatic carbocycles. The molecule has 0 radical (unpaired) electrons. The molecule has 1 N–H and O–H groups in total. The van der Waals surface area contributed by atoms with E-state index in [4.69, 9.17) is 16.3 Å². The largest absolute Gasteiger partial charge is 0.497 e. The SMILES string of the molecule is COc1cccc(C2CC(NCc3cccc(Cl)c3)C2)c1. The Kier molecular flexibility index (Phi) is 4.47. The number of methoxy groups -OCH3 is 1. The lowest BCUT2D eigenvalue weighted by molar-refractivity contribution is 0.289. The Morgan fingerprint density at radius 2 is 1.95 bits per heavy atom. The van der Waals surface area contributed by atoms with Crippen molar-refractivity contribution < 1.29 is 4.74 Å². The maximum absolute atomic E-state index is 6.00. The summed E-state index contributed by atoms with van der Waals surface area (Å²) in [6.45, 7) is 0.885. The summed E-state index contributed by atoms with van der Waals surface area (Å²) in [7, 11) is 1.72. The van der Waals surface area contributed by atoms with Gasteiger partial charge in [0.25, 0.3) is 0 Å². The smallest absolute Gasteiger partial charge is 0.119 e. The molecule has 0 heterocycles. The number of halogens is 1. The van der Waals surface area contributed by atoms with E-state index in [1.807, 2.05) is 24.3 Å². The molecule has 2 aromatic rings. The molecule has 0 aromatic heterocycles. The summed E-state index contributed by atoms with van der Waals surface area (Å²) in [4.78, 5) is 0. The zero-order chi connectivity index (χ0) is 14.7. The van der Waals surface area contributed by atoms with Crippen molar-refractivity contribution in [1.29, 1.82) is 0 Å². The highest BCUT2D eigenvalue weighted by Crippen LogP contribution is 2.38. The molecule has 0 spiro atoms. The first-order chi connectivity index (χ1) is 10.2. The van der Waals surface area contributed by atoms with Gasteiger partial charge in [-0.1, -0.05) is 35.9 Å². The van der Waals surface area contributed by atoms with Crippen LogP contribution in [0.1, 0.15) is 29.9 Å². The molecule has 2 aromatic carbocycles. The van der Waals surface area contributed by atoms with Gasteiger partial charge >= 0.3 is 0 Å². The summed E-state index contributed by atoms with van der Waals surface area (Å²) in [6.07, 6.45) is 2.38. The fraction of sp³-hybridized carbons (Fsp3) is 0.333. The van der Waals surface area contributed by atoms with E-state index in [2.05, 4.69) is 29.6 Å². The van der Waals surface area contributed by atoms with Crippen LogP contribution in [0.4, 0.5) is 0 Å². The number of hydrogen-bond acceptors (Lipinski definition) is 2. The highest BCUT2D eigenvalue weighted by Gasteiger charge is 2.29. The predicted octanol–water partition coefficient (Wildman–Crippen LogP) is 4.38. The topological polar surface area (TPSA) is 21.3 Å². The lowest BCUT2D eigenvalue weighted by Gasteiger charge is -2.36. The number of benzene rings is 2. The van der Waals surface area contributed by atoms with Crippen LogP contribution in [-0.4, -0.2) is 13.2 Å². The first kappa shape index (κ1) is 14.4. The normalized spacial score (nSPS) is 20.9. The van der Waals surface area contributed by atoms with Gasteiger partial charge in [0.05, 0.1) is 7.11 Å². The molecule has 3 heteroatoms. The van der Waals surface area contributed by atoms with Gasteiger partial charge < -0.3 is 10.1 Å². The Morgan fingerprint density at radius 1 is 1.14 bits per heavy atom. The van der Waals surface area contributed by atoms with E-state index in [-0.39, 0.29) is 0 Å². The van der Waals surface area contributed by atoms with Crippen LogP contribution in [-0.2, 0) is 6.54 Å². The number of hydrogen-bond donors (Lipinski definition) is 1. The molecule has 110 valence electrons. The van der Waals surface area contributed by atoms with E-state index in [1.165, 1.54) is 24.0 Å². The molecule has 1 saturated carbocycles. The van der Waals surface area contributed by atoms with Crippen LogP contribution in [0.2, 0.25) is 5.02 Å². The average molecular weight is 302 g/mol. The van der Waals surface area contributed by atoms with E-state index in [9.17, 15) is 0 Å². The van der Waals surface area contributed by atoms with Crippen molar-refractivity contribution in [2.45, 2.75) is 31.3 Å². The van der Waals surface area contributed by atoms with Crippen molar-refractivity contribution >= 4 is 11.6 Å². The quantitative estimate of drug-likeness (QED) is 0.884. The van der Waals surface area contributed by atoms with E-state index < -0.39 is 0 Å². The molecule has 0 saturated heterocycles. The molecule has 0 bridgehead atoms. The first-order valence-corrected chi connectivity index (χ1v) is 7.74. The van der Waals surface area contributed by atoms with Gasteiger partial charge in [-0.05, 0) is 54.2 Å². The van der Waals surface area contributed by atoms with Gasteiger partial charge in [-0.2, -0.15) is 0 Å². The average Bonchev–Trinajstić information content (AvgIpc) is 2.46. The second-order valence-corrected chi connectivity index (χ2v) is 6.09. The minimum Gasteiger partial charge on any atom is -0.497 e. The van der Waals surface area contributed by atoms with Gasteiger partial charge in [0, 0.05) is 17.6 Å². The van der Waals surface area contributed by atoms with Crippen molar-refractivity contribution in [2.75, 3.05) is 7.11 Å². The third-order valence-corrected chi connectivity index (χ3v) is 4.42. The van der Waals surface area contributed by atoms with Gasteiger partial charge in [-0.15, -0.1) is 0 Å². The summed E-state index contributed by atoms with van der Waals surface area (Å²) in [6, 6.07) is 17.0. The fourth-order valence-electron chi connectivity index (χ4n) is 2.86. The molecule has 0 atom stereocenters. The second kappa shape index (κ2) is 6.50. The summed E-state index contributed by atoms with van der Waals surface area (Å²) in [5, 5.41) is 4.40. The molecule has 2 nitrogen and oxygen atoms in total. The van der Waals surface area contributed by atoms with Crippen LogP contribution < -0.4 is 10.1 Å². The zero-order valence-electron chi connectivity index (χ0n) is 12.2. The molecule has 1 fully saturated rings. The maximum atomic E-state index is 6.00. The van der Waals surface area contributed by atoms with Gasteiger partial charge in [-0.25, -0.2) is 0 Å². The monoisotopic (exact) mass is 301 g/mol. The minimum absolute atomic E-state index is 0.597. The van der Waals surface area contributed by atoms with Gasteiger partial charge in [-0.3, -0.25) is 0 Å². The third-order valence-electron chi connectivity index (χ3n) is 4.19. The lowest BCUT2D eigenvalue weighted by atomic mass is 9.76. The Hall–Kier alpha value is -1.51. The Balaban J connectivity index is 1.49. The third kappa shape index (κ3) is 3.58. The summed E-state index contributed by atoms with van der Waals surface area (Å²) in [5.41, 5.74) is 2.63. The second-order valence-electron chi connectivity index (χ2n) is 5.65. The first-order valence-electron chi connectivity index (χ1n) is 7.36. The lowest BCUT2D eigenvalue weighted by Crippen LogP contribution is -2.39. The highest BCUT2D eigenvalue weighted by atomic mass is 35.5. The van der Waals surface area contributed by atoms with Crippen LogP contribution in [0.3, 0.4) is 0 Å². The van der Waals surface area contributed by atoms with Crippen LogP contribution >= 0.6 is 11.6 Å². The molecule has 1 aliphatic rings. The van der Waals surface area contributed by atoms with E-state index in [0.29, 0.717) is 12.0 Å². The zero-order valence-corrected chi connectivity index (χ0v) is 12.9. The van der Waals surface area contributed by atoms with E-state index in [1.54, 1.807) is 7.11 Å². The van der Waals surface area contributed by atoms with Crippen molar-refractivity contribution in [3.05, 3.63) is 64.7 Å². The molecule has 0 aliphatic heterocycles. The Labute approximate surface area is 131 Å². The standard InChI is InChI=1S/C18H20ClNO/c1-21-18-7-3-5-14(11-18)15-9-17(10-15)20-12-13-4-2-6-16(19)8-13/h2-8,11,15,17,20H,9-10,12H2,1H3. The highest BCUT2D eigenvalue weighted by molar-refractivity contribution is 6.30. The van der Waals surface area contributed by atoms with Crippen LogP contribution in [0.25, 0.3) is 0 Å². The van der Waals surface area contributed by atoms with Crippen molar-refractivity contribution in [3.8, 4) is 5.75 Å². The molecule has 21 heavy (non-hydrogen) atoms. The number of ether oxygens (including phenoxy) is 1. The van der Waals surface area contributed by atoms with Crippen molar-refractivity contribution in [3.63, 3.8) is 0 Å². The molecule has 0 unspecified atom stereocenters. The summed E-state index contributed by atoms with van der Waals surface area (Å²) >= 11 is 6.00.